The van der Waals surface area contributed by atoms with Gasteiger partial charge in [0, 0.05) is 23.7 Å². The number of hydrogen-bond donors (Lipinski definition) is 2. The molecule has 116 valence electrons. The number of ether oxygens (including phenoxy) is 1. The van der Waals surface area contributed by atoms with E-state index in [2.05, 4.69) is 5.32 Å². The van der Waals surface area contributed by atoms with Crippen LogP contribution in [0.25, 0.3) is 0 Å². The van der Waals surface area contributed by atoms with Crippen molar-refractivity contribution < 1.29 is 17.9 Å². The minimum Gasteiger partial charge on any atom is -0.379 e. The van der Waals surface area contributed by atoms with Crippen molar-refractivity contribution in [1.82, 2.24) is 5.32 Å². The van der Waals surface area contributed by atoms with E-state index in [9.17, 15) is 13.2 Å². The molecule has 3 N–H and O–H groups in total. The highest BCUT2D eigenvalue weighted by Gasteiger charge is 2.21. The fourth-order valence-electron chi connectivity index (χ4n) is 1.73. The number of amides is 1. The van der Waals surface area contributed by atoms with Crippen molar-refractivity contribution in [2.45, 2.75) is 17.7 Å². The molecule has 0 atom stereocenters. The van der Waals surface area contributed by atoms with Gasteiger partial charge in [-0.2, -0.15) is 0 Å². The number of hydrogen-bond acceptors (Lipinski definition) is 4. The Labute approximate surface area is 128 Å². The molecule has 0 saturated heterocycles. The first kappa shape index (κ1) is 16.2. The van der Waals surface area contributed by atoms with E-state index in [-0.39, 0.29) is 15.5 Å². The largest absolute Gasteiger partial charge is 0.379 e. The van der Waals surface area contributed by atoms with Crippen molar-refractivity contribution in [2.24, 2.45) is 11.1 Å². The lowest BCUT2D eigenvalue weighted by molar-refractivity contribution is 0.0906. The first-order chi connectivity index (χ1) is 9.86. The number of carbonyl (C=O) groups excluding carboxylic acids is 1. The van der Waals surface area contributed by atoms with E-state index < -0.39 is 15.9 Å². The Balaban J connectivity index is 1.90. The van der Waals surface area contributed by atoms with E-state index in [0.29, 0.717) is 19.1 Å². The first-order valence-electron chi connectivity index (χ1n) is 6.55. The molecule has 0 aliphatic heterocycles. The molecule has 21 heavy (non-hydrogen) atoms. The monoisotopic (exact) mass is 332 g/mol. The minimum atomic E-state index is -3.90. The van der Waals surface area contributed by atoms with Gasteiger partial charge in [-0.05, 0) is 37.0 Å². The van der Waals surface area contributed by atoms with E-state index in [1.54, 1.807) is 0 Å². The number of benzene rings is 1. The average molecular weight is 333 g/mol. The molecule has 1 aromatic carbocycles. The van der Waals surface area contributed by atoms with Crippen LogP contribution in [-0.4, -0.2) is 34.1 Å². The van der Waals surface area contributed by atoms with Crippen molar-refractivity contribution >= 4 is 27.5 Å². The molecule has 1 aliphatic rings. The van der Waals surface area contributed by atoms with E-state index in [4.69, 9.17) is 21.5 Å². The van der Waals surface area contributed by atoms with Crippen LogP contribution in [0.15, 0.2) is 23.1 Å². The lowest BCUT2D eigenvalue weighted by atomic mass is 10.2. The van der Waals surface area contributed by atoms with E-state index >= 15 is 0 Å². The third kappa shape index (κ3) is 5.28. The predicted octanol–water partition coefficient (Wildman–Crippen LogP) is 1.14. The van der Waals surface area contributed by atoms with Gasteiger partial charge in [0.25, 0.3) is 5.91 Å². The molecule has 0 bridgehead atoms. The third-order valence-corrected chi connectivity index (χ3v) is 4.16. The summed E-state index contributed by atoms with van der Waals surface area (Å²) in [6, 6.07) is 3.78. The number of nitrogens with one attached hydrogen (secondary N) is 1. The summed E-state index contributed by atoms with van der Waals surface area (Å²) >= 11 is 5.80. The summed E-state index contributed by atoms with van der Waals surface area (Å²) in [6.45, 7) is 1.50. The van der Waals surface area contributed by atoms with Crippen molar-refractivity contribution in [1.29, 1.82) is 0 Å². The van der Waals surface area contributed by atoms with Crippen LogP contribution >= 0.6 is 11.6 Å². The van der Waals surface area contributed by atoms with Crippen LogP contribution in [0.4, 0.5) is 0 Å². The van der Waals surface area contributed by atoms with E-state index in [0.717, 1.165) is 6.61 Å². The quantitative estimate of drug-likeness (QED) is 0.731. The standard InChI is InChI=1S/C13H17ClN2O4S/c14-11-5-10(6-12(7-11)21(15,18)19)13(17)16-3-4-20-8-9-1-2-9/h5-7,9H,1-4,8H2,(H,16,17)(H2,15,18,19). The molecule has 6 nitrogen and oxygen atoms in total. The van der Waals surface area contributed by atoms with Gasteiger partial charge in [-0.15, -0.1) is 0 Å². The van der Waals surface area contributed by atoms with Gasteiger partial charge in [0.1, 0.15) is 0 Å². The molecule has 0 aromatic heterocycles. The maximum Gasteiger partial charge on any atom is 0.251 e. The summed E-state index contributed by atoms with van der Waals surface area (Å²) in [7, 11) is -3.90. The van der Waals surface area contributed by atoms with Gasteiger partial charge in [-0.25, -0.2) is 13.6 Å². The van der Waals surface area contributed by atoms with Gasteiger partial charge in [-0.3, -0.25) is 4.79 Å². The molecular formula is C13H17ClN2O4S. The van der Waals surface area contributed by atoms with Gasteiger partial charge in [0.15, 0.2) is 0 Å². The highest BCUT2D eigenvalue weighted by atomic mass is 35.5. The number of sulfonamides is 1. The topological polar surface area (TPSA) is 98.5 Å². The Morgan fingerprint density at radius 2 is 2.10 bits per heavy atom. The molecule has 1 aliphatic carbocycles. The SMILES string of the molecule is NS(=O)(=O)c1cc(Cl)cc(C(=O)NCCOCC2CC2)c1. The number of primary sulfonamides is 1. The Hall–Kier alpha value is -1.15. The normalized spacial score (nSPS) is 15.0. The summed E-state index contributed by atoms with van der Waals surface area (Å²) in [6.07, 6.45) is 2.43. The first-order valence-corrected chi connectivity index (χ1v) is 8.48. The lowest BCUT2D eigenvalue weighted by Gasteiger charge is -2.08. The van der Waals surface area contributed by atoms with E-state index in [1.807, 2.05) is 0 Å². The Morgan fingerprint density at radius 3 is 2.71 bits per heavy atom. The molecule has 1 amide bonds. The minimum absolute atomic E-state index is 0.136. The molecule has 0 unspecified atom stereocenters. The van der Waals surface area contributed by atoms with Crippen LogP contribution in [0, 0.1) is 5.92 Å². The highest BCUT2D eigenvalue weighted by Crippen LogP contribution is 2.28. The summed E-state index contributed by atoms with van der Waals surface area (Å²) in [4.78, 5) is 11.7. The van der Waals surface area contributed by atoms with Gasteiger partial charge in [0.2, 0.25) is 10.0 Å². The Kier molecular flexibility index (Phi) is 5.21. The van der Waals surface area contributed by atoms with Crippen LogP contribution in [0.1, 0.15) is 23.2 Å². The van der Waals surface area contributed by atoms with Crippen molar-refractivity contribution in [3.63, 3.8) is 0 Å². The summed E-state index contributed by atoms with van der Waals surface area (Å²) in [5.41, 5.74) is 0.147. The summed E-state index contributed by atoms with van der Waals surface area (Å²) in [5.74, 6) is 0.253. The number of halogens is 1. The van der Waals surface area contributed by atoms with Crippen molar-refractivity contribution in [3.05, 3.63) is 28.8 Å². The fraction of sp³-hybridized carbons (Fsp3) is 0.462. The van der Waals surface area contributed by atoms with Crippen LogP contribution in [0.5, 0.6) is 0 Å². The summed E-state index contributed by atoms with van der Waals surface area (Å²) < 4.78 is 28.0. The van der Waals surface area contributed by atoms with Gasteiger partial charge in [0.05, 0.1) is 11.5 Å². The molecule has 1 aromatic rings. The zero-order chi connectivity index (χ0) is 15.5. The molecule has 0 radical (unpaired) electrons. The van der Waals surface area contributed by atoms with Crippen LogP contribution in [-0.2, 0) is 14.8 Å². The van der Waals surface area contributed by atoms with Crippen LogP contribution in [0.3, 0.4) is 0 Å². The second-order valence-electron chi connectivity index (χ2n) is 4.99. The maximum absolute atomic E-state index is 11.9. The fourth-order valence-corrected chi connectivity index (χ4v) is 2.61. The van der Waals surface area contributed by atoms with Crippen molar-refractivity contribution in [3.8, 4) is 0 Å². The third-order valence-electron chi connectivity index (χ3n) is 3.04. The smallest absolute Gasteiger partial charge is 0.251 e. The summed E-state index contributed by atoms with van der Waals surface area (Å²) in [5, 5.41) is 7.81. The number of rotatable bonds is 7. The van der Waals surface area contributed by atoms with E-state index in [1.165, 1.54) is 31.0 Å². The molecule has 1 saturated carbocycles. The lowest BCUT2D eigenvalue weighted by Crippen LogP contribution is -2.27. The second-order valence-corrected chi connectivity index (χ2v) is 6.99. The molecule has 8 heteroatoms. The second kappa shape index (κ2) is 6.74. The molecule has 2 rings (SSSR count). The predicted molar refractivity (Wildman–Crippen MR) is 78.7 cm³/mol. The molecular weight excluding hydrogens is 316 g/mol. The van der Waals surface area contributed by atoms with Crippen LogP contribution in [0.2, 0.25) is 5.02 Å². The van der Waals surface area contributed by atoms with Gasteiger partial charge < -0.3 is 10.1 Å². The highest BCUT2D eigenvalue weighted by molar-refractivity contribution is 7.89. The maximum atomic E-state index is 11.9. The Bertz CT molecular complexity index is 629. The molecule has 1 fully saturated rings. The average Bonchev–Trinajstić information content (AvgIpc) is 3.20. The van der Waals surface area contributed by atoms with Crippen LogP contribution < -0.4 is 10.5 Å². The van der Waals surface area contributed by atoms with Gasteiger partial charge in [-0.1, -0.05) is 11.6 Å². The molecule has 0 spiro atoms. The van der Waals surface area contributed by atoms with Crippen molar-refractivity contribution in [2.75, 3.05) is 19.8 Å². The zero-order valence-corrected chi connectivity index (χ0v) is 12.9. The number of carbonyl (C=O) groups is 1. The zero-order valence-electron chi connectivity index (χ0n) is 11.3. The number of nitrogens with two attached hydrogens (primary N) is 1. The molecule has 0 heterocycles. The van der Waals surface area contributed by atoms with Gasteiger partial charge >= 0.3 is 0 Å². The Morgan fingerprint density at radius 1 is 1.38 bits per heavy atom.